The Hall–Kier alpha value is -3.45. The highest BCUT2D eigenvalue weighted by Gasteiger charge is 2.12. The van der Waals surface area contributed by atoms with Gasteiger partial charge in [-0.25, -0.2) is 0 Å². The first-order valence-corrected chi connectivity index (χ1v) is 16.9. The van der Waals surface area contributed by atoms with E-state index in [2.05, 4.69) is 107 Å². The molecule has 6 aromatic rings. The number of rotatable bonds is 17. The number of hydrogen-bond acceptors (Lipinski definition) is 4. The Morgan fingerprint density at radius 1 is 0.533 bits per heavy atom. The monoisotopic (exact) mass is 624 g/mol. The lowest BCUT2D eigenvalue weighted by atomic mass is 10.1. The van der Waals surface area contributed by atoms with E-state index in [-0.39, 0.29) is 12.4 Å². The van der Waals surface area contributed by atoms with Crippen molar-refractivity contribution in [3.05, 3.63) is 84.4 Å². The molecule has 0 aliphatic heterocycles. The maximum Gasteiger partial charge on any atom is 0.0678 e. The third kappa shape index (κ3) is 7.51. The average Bonchev–Trinajstić information content (AvgIpc) is 3.55. The maximum atomic E-state index is 4.81. The van der Waals surface area contributed by atoms with E-state index in [1.165, 1.54) is 95.0 Å². The molecule has 238 valence electrons. The van der Waals surface area contributed by atoms with Gasteiger partial charge in [-0.15, -0.1) is 12.4 Å². The number of aromatic nitrogens is 4. The van der Waals surface area contributed by atoms with Gasteiger partial charge in [-0.2, -0.15) is 0 Å². The van der Waals surface area contributed by atoms with Crippen LogP contribution in [0.15, 0.2) is 73.1 Å². The second kappa shape index (κ2) is 16.2. The van der Waals surface area contributed by atoms with Crippen molar-refractivity contribution in [2.75, 3.05) is 13.1 Å². The molecule has 2 N–H and O–H groups in total. The van der Waals surface area contributed by atoms with Gasteiger partial charge in [-0.05, 0) is 63.0 Å². The van der Waals surface area contributed by atoms with Crippen LogP contribution >= 0.6 is 12.4 Å². The van der Waals surface area contributed by atoms with E-state index >= 15 is 0 Å². The molecule has 0 saturated heterocycles. The van der Waals surface area contributed by atoms with E-state index in [4.69, 9.17) is 9.97 Å². The van der Waals surface area contributed by atoms with E-state index in [0.717, 1.165) is 50.7 Å². The van der Waals surface area contributed by atoms with Gasteiger partial charge in [-0.1, -0.05) is 75.9 Å². The number of aryl methyl sites for hydroxylation is 2. The molecule has 45 heavy (non-hydrogen) atoms. The zero-order valence-corrected chi connectivity index (χ0v) is 27.8. The van der Waals surface area contributed by atoms with E-state index in [9.17, 15) is 0 Å². The zero-order chi connectivity index (χ0) is 30.1. The first-order valence-electron chi connectivity index (χ1n) is 16.9. The molecule has 7 heteroatoms. The molecule has 6 nitrogen and oxygen atoms in total. The summed E-state index contributed by atoms with van der Waals surface area (Å²) in [6.45, 7) is 10.3. The molecule has 0 saturated carbocycles. The second-order valence-corrected chi connectivity index (χ2v) is 12.2. The van der Waals surface area contributed by atoms with E-state index in [1.54, 1.807) is 0 Å². The van der Waals surface area contributed by atoms with Gasteiger partial charge in [0.25, 0.3) is 0 Å². The fourth-order valence-electron chi connectivity index (χ4n) is 6.57. The lowest BCUT2D eigenvalue weighted by Gasteiger charge is -2.08. The standard InChI is InChI=1S/C38H48N6.ClH/c1-3-5-21-43-35-17-11-9-15-31(35)33-23-29(41-27-37(33)43)25-39-19-13-7-8-14-20-40-26-30-24-34-32-16-10-12-18-36(32)44(22-6-4-2)38(34)28-42-30;/h9-12,15-18,23-24,27-28,39-40H,3-8,13-14,19-22,25-26H2,1-2H3;1H. The number of halogens is 1. The summed E-state index contributed by atoms with van der Waals surface area (Å²) in [4.78, 5) is 9.62. The summed E-state index contributed by atoms with van der Waals surface area (Å²) in [5.74, 6) is 0. The molecular formula is C38H49ClN6. The Labute approximate surface area is 274 Å². The lowest BCUT2D eigenvalue weighted by Crippen LogP contribution is -2.16. The molecule has 0 bridgehead atoms. The van der Waals surface area contributed by atoms with Crippen LogP contribution in [0.3, 0.4) is 0 Å². The minimum absolute atomic E-state index is 0. The number of benzene rings is 2. The van der Waals surface area contributed by atoms with Crippen LogP contribution in [0, 0.1) is 0 Å². The van der Waals surface area contributed by atoms with Crippen LogP contribution in [0.4, 0.5) is 0 Å². The van der Waals surface area contributed by atoms with Crippen molar-refractivity contribution in [3.8, 4) is 0 Å². The first kappa shape index (κ1) is 32.9. The number of nitrogens with zero attached hydrogens (tertiary/aromatic N) is 4. The normalized spacial score (nSPS) is 11.7. The predicted molar refractivity (Wildman–Crippen MR) is 193 cm³/mol. The number of pyridine rings is 2. The van der Waals surface area contributed by atoms with Gasteiger partial charge in [0, 0.05) is 58.8 Å². The Kier molecular flexibility index (Phi) is 11.9. The summed E-state index contributed by atoms with van der Waals surface area (Å²) in [5, 5.41) is 12.6. The molecule has 2 aromatic carbocycles. The zero-order valence-electron chi connectivity index (χ0n) is 27.0. The highest BCUT2D eigenvalue weighted by molar-refractivity contribution is 6.08. The third-order valence-electron chi connectivity index (χ3n) is 8.97. The Morgan fingerprint density at radius 2 is 0.978 bits per heavy atom. The molecule has 6 rings (SSSR count). The second-order valence-electron chi connectivity index (χ2n) is 12.2. The fraction of sp³-hybridized carbons (Fsp3) is 0.421. The van der Waals surface area contributed by atoms with Gasteiger partial charge in [0.1, 0.15) is 0 Å². The summed E-state index contributed by atoms with van der Waals surface area (Å²) in [7, 11) is 0. The van der Waals surface area contributed by atoms with Crippen LogP contribution in [-0.4, -0.2) is 32.2 Å². The van der Waals surface area contributed by atoms with E-state index < -0.39 is 0 Å². The smallest absolute Gasteiger partial charge is 0.0678 e. The molecule has 0 radical (unpaired) electrons. The summed E-state index contributed by atoms with van der Waals surface area (Å²) >= 11 is 0. The number of nitrogens with one attached hydrogen (secondary N) is 2. The molecule has 0 spiro atoms. The van der Waals surface area contributed by atoms with Crippen molar-refractivity contribution < 1.29 is 0 Å². The molecule has 4 heterocycles. The van der Waals surface area contributed by atoms with Gasteiger partial charge in [0.2, 0.25) is 0 Å². The molecular weight excluding hydrogens is 576 g/mol. The molecule has 0 aliphatic carbocycles. The van der Waals surface area contributed by atoms with Gasteiger partial charge >= 0.3 is 0 Å². The Balaban J connectivity index is 0.00000400. The van der Waals surface area contributed by atoms with Gasteiger partial charge in [0.15, 0.2) is 0 Å². The maximum absolute atomic E-state index is 4.81. The van der Waals surface area contributed by atoms with Crippen LogP contribution in [0.2, 0.25) is 0 Å². The van der Waals surface area contributed by atoms with Gasteiger partial charge in [-0.3, -0.25) is 9.97 Å². The van der Waals surface area contributed by atoms with E-state index in [1.807, 2.05) is 0 Å². The summed E-state index contributed by atoms with van der Waals surface area (Å²) < 4.78 is 4.88. The third-order valence-corrected chi connectivity index (χ3v) is 8.97. The van der Waals surface area contributed by atoms with Crippen LogP contribution in [0.5, 0.6) is 0 Å². The van der Waals surface area contributed by atoms with Crippen molar-refractivity contribution in [3.63, 3.8) is 0 Å². The SMILES string of the molecule is CCCCn1c2ccccc2c2cc(CNCCCCCCNCc3cc4c5ccccc5n(CCCC)c4cn3)ncc21.Cl. The molecule has 0 fully saturated rings. The lowest BCUT2D eigenvalue weighted by molar-refractivity contribution is 0.559. The highest BCUT2D eigenvalue weighted by atomic mass is 35.5. The Bertz CT molecular complexity index is 1690. The minimum atomic E-state index is 0. The van der Waals surface area contributed by atoms with Crippen LogP contribution in [-0.2, 0) is 26.2 Å². The molecule has 4 aromatic heterocycles. The number of unbranched alkanes of at least 4 members (excludes halogenated alkanes) is 5. The van der Waals surface area contributed by atoms with Crippen LogP contribution in [0.25, 0.3) is 43.6 Å². The number of para-hydroxylation sites is 2. The Morgan fingerprint density at radius 3 is 1.42 bits per heavy atom. The number of hydrogen-bond donors (Lipinski definition) is 2. The summed E-state index contributed by atoms with van der Waals surface area (Å²) in [5.41, 5.74) is 7.39. The molecule has 0 amide bonds. The average molecular weight is 625 g/mol. The molecule has 0 unspecified atom stereocenters. The largest absolute Gasteiger partial charge is 0.339 e. The van der Waals surface area contributed by atoms with Crippen LogP contribution < -0.4 is 10.6 Å². The quantitative estimate of drug-likeness (QED) is 0.0993. The van der Waals surface area contributed by atoms with Crippen LogP contribution in [0.1, 0.15) is 76.6 Å². The van der Waals surface area contributed by atoms with Crippen molar-refractivity contribution in [2.24, 2.45) is 0 Å². The number of fused-ring (bicyclic) bond motifs is 6. The van der Waals surface area contributed by atoms with Gasteiger partial charge in [0.05, 0.1) is 34.8 Å². The van der Waals surface area contributed by atoms with E-state index in [0.29, 0.717) is 0 Å². The fourth-order valence-corrected chi connectivity index (χ4v) is 6.57. The van der Waals surface area contributed by atoms with Crippen molar-refractivity contribution in [1.29, 1.82) is 0 Å². The minimum Gasteiger partial charge on any atom is -0.339 e. The molecule has 0 atom stereocenters. The van der Waals surface area contributed by atoms with Gasteiger partial charge < -0.3 is 19.8 Å². The summed E-state index contributed by atoms with van der Waals surface area (Å²) in [6, 6.07) is 22.1. The predicted octanol–water partition coefficient (Wildman–Crippen LogP) is 9.15. The molecule has 0 aliphatic rings. The topological polar surface area (TPSA) is 59.7 Å². The van der Waals surface area contributed by atoms with Crippen molar-refractivity contribution in [2.45, 2.75) is 91.4 Å². The van der Waals surface area contributed by atoms with Crippen molar-refractivity contribution >= 4 is 56.0 Å². The highest BCUT2D eigenvalue weighted by Crippen LogP contribution is 2.30. The summed E-state index contributed by atoms with van der Waals surface area (Å²) in [6.07, 6.45) is 13.8. The first-order chi connectivity index (χ1) is 21.8. The van der Waals surface area contributed by atoms with Crippen molar-refractivity contribution in [1.82, 2.24) is 29.7 Å².